The first-order valence-corrected chi connectivity index (χ1v) is 12.0. The van der Waals surface area contributed by atoms with Crippen molar-refractivity contribution in [3.8, 4) is 28.2 Å². The minimum absolute atomic E-state index is 1.06. The Morgan fingerprint density at radius 2 is 1.45 bits per heavy atom. The Bertz CT molecular complexity index is 1620. The van der Waals surface area contributed by atoms with Crippen LogP contribution in [0.3, 0.4) is 0 Å². The summed E-state index contributed by atoms with van der Waals surface area (Å²) in [6.45, 7) is 4.28. The van der Waals surface area contributed by atoms with Gasteiger partial charge in [0, 0.05) is 0 Å². The molecule has 0 aliphatic rings. The molecule has 33 heavy (non-hydrogen) atoms. The highest BCUT2D eigenvalue weighted by atomic mass is 32.1. The van der Waals surface area contributed by atoms with Gasteiger partial charge in [0.1, 0.15) is 5.69 Å². The van der Waals surface area contributed by atoms with Crippen LogP contribution in [0.1, 0.15) is 10.6 Å². The number of benzene rings is 4. The van der Waals surface area contributed by atoms with E-state index in [1.54, 1.807) is 11.3 Å². The Balaban J connectivity index is 1.65. The average molecular weight is 447 g/mol. The molecule has 0 aliphatic carbocycles. The molecule has 0 aliphatic heterocycles. The molecule has 6 rings (SSSR count). The van der Waals surface area contributed by atoms with Crippen LogP contribution >= 0.6 is 11.3 Å². The number of thiazole rings is 1. The summed E-state index contributed by atoms with van der Waals surface area (Å²) in [6.07, 6.45) is 0. The zero-order chi connectivity index (χ0) is 22.5. The largest absolute Gasteiger partial charge is 0.296 e. The first kappa shape index (κ1) is 19.9. The Labute approximate surface area is 197 Å². The minimum atomic E-state index is 1.06. The van der Waals surface area contributed by atoms with Gasteiger partial charge in [0.05, 0.1) is 27.8 Å². The summed E-state index contributed by atoms with van der Waals surface area (Å²) >= 11 is 1.77. The Kier molecular flexibility index (Phi) is 4.63. The number of aromatic nitrogens is 3. The van der Waals surface area contributed by atoms with E-state index >= 15 is 0 Å². The molecule has 0 bridgehead atoms. The van der Waals surface area contributed by atoms with Crippen LogP contribution in [0, 0.1) is 13.8 Å². The molecule has 160 valence electrons. The van der Waals surface area contributed by atoms with Gasteiger partial charge in [0.15, 0.2) is 11.0 Å². The molecule has 4 heteroatoms. The van der Waals surface area contributed by atoms with Crippen molar-refractivity contribution in [1.82, 2.24) is 9.55 Å². The van der Waals surface area contributed by atoms with Crippen LogP contribution in [-0.2, 0) is 7.05 Å². The molecule has 0 radical (unpaired) electrons. The molecule has 0 N–H and O–H groups in total. The van der Waals surface area contributed by atoms with Crippen molar-refractivity contribution in [1.29, 1.82) is 0 Å². The normalized spacial score (nSPS) is 11.5. The quantitative estimate of drug-likeness (QED) is 0.268. The number of imidazole rings is 1. The molecule has 4 aromatic carbocycles. The number of fused-ring (bicyclic) bond motifs is 2. The highest BCUT2D eigenvalue weighted by Crippen LogP contribution is 2.37. The maximum absolute atomic E-state index is 4.77. The number of para-hydroxylation sites is 2. The van der Waals surface area contributed by atoms with Crippen molar-refractivity contribution in [3.05, 3.63) is 102 Å². The number of hydrogen-bond acceptors (Lipinski definition) is 2. The summed E-state index contributed by atoms with van der Waals surface area (Å²) in [6, 6.07) is 32.4. The maximum atomic E-state index is 4.77. The lowest BCUT2D eigenvalue weighted by atomic mass is 10.0. The van der Waals surface area contributed by atoms with Gasteiger partial charge in [-0.1, -0.05) is 60.7 Å². The van der Waals surface area contributed by atoms with Crippen LogP contribution in [0.4, 0.5) is 0 Å². The molecule has 2 heterocycles. The van der Waals surface area contributed by atoms with E-state index in [9.17, 15) is 0 Å². The minimum Gasteiger partial charge on any atom is -0.241 e. The lowest BCUT2D eigenvalue weighted by Gasteiger charge is -2.08. The average Bonchev–Trinajstić information content (AvgIpc) is 3.37. The molecule has 2 aromatic heterocycles. The van der Waals surface area contributed by atoms with Crippen LogP contribution in [-0.4, -0.2) is 9.55 Å². The van der Waals surface area contributed by atoms with Crippen molar-refractivity contribution >= 4 is 32.6 Å². The SMILES string of the molecule is Cc1nc2ccc(C)c(-c3n(-c4ccc(-c5ccccc5)cc4)c4ccccc4[n+]3C)c2s1. The van der Waals surface area contributed by atoms with Crippen LogP contribution < -0.4 is 4.57 Å². The topological polar surface area (TPSA) is 21.7 Å². The van der Waals surface area contributed by atoms with Crippen molar-refractivity contribution < 1.29 is 4.57 Å². The molecule has 0 amide bonds. The van der Waals surface area contributed by atoms with Crippen LogP contribution in [0.2, 0.25) is 0 Å². The van der Waals surface area contributed by atoms with Gasteiger partial charge in [-0.05, 0) is 60.9 Å². The molecule has 0 unspecified atom stereocenters. The second kappa shape index (κ2) is 7.68. The van der Waals surface area contributed by atoms with E-state index < -0.39 is 0 Å². The predicted octanol–water partition coefficient (Wildman–Crippen LogP) is 7.02. The predicted molar refractivity (Wildman–Crippen MR) is 138 cm³/mol. The maximum Gasteiger partial charge on any atom is 0.296 e. The third-order valence-corrected chi connectivity index (χ3v) is 7.35. The van der Waals surface area contributed by atoms with Crippen molar-refractivity contribution in [2.24, 2.45) is 7.05 Å². The number of rotatable bonds is 3. The summed E-state index contributed by atoms with van der Waals surface area (Å²) in [7, 11) is 2.17. The molecule has 0 fully saturated rings. The highest BCUT2D eigenvalue weighted by Gasteiger charge is 2.29. The van der Waals surface area contributed by atoms with E-state index in [1.807, 2.05) is 0 Å². The van der Waals surface area contributed by atoms with E-state index in [-0.39, 0.29) is 0 Å². The molecule has 0 spiro atoms. The highest BCUT2D eigenvalue weighted by molar-refractivity contribution is 7.19. The summed E-state index contributed by atoms with van der Waals surface area (Å²) in [4.78, 5) is 4.77. The van der Waals surface area contributed by atoms with E-state index in [2.05, 4.69) is 121 Å². The molecule has 6 aromatic rings. The molecule has 0 saturated heterocycles. The van der Waals surface area contributed by atoms with Gasteiger partial charge in [-0.15, -0.1) is 11.3 Å². The van der Waals surface area contributed by atoms with Gasteiger partial charge in [0.25, 0.3) is 5.82 Å². The third kappa shape index (κ3) is 3.18. The molecule has 3 nitrogen and oxygen atoms in total. The molecule has 0 saturated carbocycles. The van der Waals surface area contributed by atoms with Crippen molar-refractivity contribution in [2.45, 2.75) is 13.8 Å². The Hall–Kier alpha value is -3.76. The van der Waals surface area contributed by atoms with E-state index in [1.165, 1.54) is 43.8 Å². The van der Waals surface area contributed by atoms with Gasteiger partial charge >= 0.3 is 0 Å². The van der Waals surface area contributed by atoms with Crippen molar-refractivity contribution in [2.75, 3.05) is 0 Å². The lowest BCUT2D eigenvalue weighted by molar-refractivity contribution is -0.633. The Morgan fingerprint density at radius 1 is 0.758 bits per heavy atom. The zero-order valence-corrected chi connectivity index (χ0v) is 19.7. The first-order valence-electron chi connectivity index (χ1n) is 11.1. The van der Waals surface area contributed by atoms with E-state index in [0.717, 1.165) is 16.2 Å². The van der Waals surface area contributed by atoms with Gasteiger partial charge in [-0.2, -0.15) is 4.57 Å². The van der Waals surface area contributed by atoms with E-state index in [4.69, 9.17) is 4.98 Å². The van der Waals surface area contributed by atoms with Gasteiger partial charge < -0.3 is 0 Å². The number of nitrogens with zero attached hydrogens (tertiary/aromatic N) is 3. The second-order valence-corrected chi connectivity index (χ2v) is 9.66. The second-order valence-electron chi connectivity index (χ2n) is 8.46. The number of aryl methyl sites for hydroxylation is 3. The van der Waals surface area contributed by atoms with E-state index in [0.29, 0.717) is 0 Å². The first-order chi connectivity index (χ1) is 16.1. The Morgan fingerprint density at radius 3 is 2.24 bits per heavy atom. The van der Waals surface area contributed by atoms with Crippen LogP contribution in [0.15, 0.2) is 91.0 Å². The summed E-state index contributed by atoms with van der Waals surface area (Å²) in [5.41, 5.74) is 9.58. The van der Waals surface area contributed by atoms with Crippen LogP contribution in [0.5, 0.6) is 0 Å². The molecule has 0 atom stereocenters. The molecular formula is C29H24N3S+. The zero-order valence-electron chi connectivity index (χ0n) is 18.9. The summed E-state index contributed by atoms with van der Waals surface area (Å²) < 4.78 is 5.95. The van der Waals surface area contributed by atoms with Crippen LogP contribution in [0.25, 0.3) is 49.5 Å². The van der Waals surface area contributed by atoms with Crippen molar-refractivity contribution in [3.63, 3.8) is 0 Å². The lowest BCUT2D eigenvalue weighted by Crippen LogP contribution is -2.30. The monoisotopic (exact) mass is 446 g/mol. The summed E-state index contributed by atoms with van der Waals surface area (Å²) in [5, 5.41) is 1.09. The van der Waals surface area contributed by atoms with Gasteiger partial charge in [-0.3, -0.25) is 0 Å². The summed E-state index contributed by atoms with van der Waals surface area (Å²) in [5.74, 6) is 1.18. The number of hydrogen-bond donors (Lipinski definition) is 0. The molecular weight excluding hydrogens is 422 g/mol. The standard InChI is InChI=1S/C29H24N3S/c1-19-13-18-24-28(33-20(2)30-24)27(19)29-31(3)25-11-7-8-12-26(25)32(29)23-16-14-22(15-17-23)21-9-5-4-6-10-21/h4-18H,1-3H3/q+1. The fourth-order valence-electron chi connectivity index (χ4n) is 4.77. The smallest absolute Gasteiger partial charge is 0.241 e. The fourth-order valence-corrected chi connectivity index (χ4v) is 5.78. The van der Waals surface area contributed by atoms with Gasteiger partial charge in [-0.25, -0.2) is 9.55 Å². The fraction of sp³-hybridized carbons (Fsp3) is 0.103. The third-order valence-electron chi connectivity index (χ3n) is 6.34. The van der Waals surface area contributed by atoms with Gasteiger partial charge in [0.2, 0.25) is 0 Å².